The Balaban J connectivity index is 2.16. The van der Waals surface area contributed by atoms with E-state index in [9.17, 15) is 9.90 Å². The summed E-state index contributed by atoms with van der Waals surface area (Å²) < 4.78 is 0. The summed E-state index contributed by atoms with van der Waals surface area (Å²) in [5.41, 5.74) is -0.702. The Bertz CT molecular complexity index is 310. The number of carbonyl (C=O) groups is 1. The molecule has 0 aromatic carbocycles. The molecule has 4 bridgehead atoms. The number of hydrogen-bond acceptors (Lipinski definition) is 2. The van der Waals surface area contributed by atoms with Crippen LogP contribution < -0.4 is 0 Å². The van der Waals surface area contributed by atoms with Crippen LogP contribution in [-0.4, -0.2) is 16.5 Å². The third-order valence-corrected chi connectivity index (χ3v) is 3.83. The van der Waals surface area contributed by atoms with Gasteiger partial charge in [0.2, 0.25) is 0 Å². The summed E-state index contributed by atoms with van der Waals surface area (Å²) in [4.78, 5) is 11.7. The number of rotatable bonds is 0. The second-order valence-electron chi connectivity index (χ2n) is 4.50. The lowest BCUT2D eigenvalue weighted by Gasteiger charge is -2.40. The number of aliphatic hydroxyl groups is 1. The van der Waals surface area contributed by atoms with Crippen LogP contribution >= 0.6 is 0 Å². The average molecular weight is 176 g/mol. The molecular formula is C11H12O2. The molecule has 0 heterocycles. The van der Waals surface area contributed by atoms with E-state index in [1.165, 1.54) is 0 Å². The molecule has 0 aliphatic heterocycles. The SMILES string of the molecule is CC1(O)[C@@H]2C=C[C@H]1[C@@H]1C=C[C@H]2C1=O. The van der Waals surface area contributed by atoms with Gasteiger partial charge < -0.3 is 5.11 Å². The third-order valence-electron chi connectivity index (χ3n) is 3.83. The van der Waals surface area contributed by atoms with Crippen molar-refractivity contribution in [1.29, 1.82) is 0 Å². The lowest BCUT2D eigenvalue weighted by atomic mass is 9.67. The zero-order valence-electron chi connectivity index (χ0n) is 7.47. The van der Waals surface area contributed by atoms with Crippen LogP contribution in [0.5, 0.6) is 0 Å². The number of Topliss-reactive ketones (excluding diaryl/α,β-unsaturated/α-hetero) is 1. The number of hydrogen-bond donors (Lipinski definition) is 1. The maximum absolute atomic E-state index is 11.7. The van der Waals surface area contributed by atoms with Gasteiger partial charge >= 0.3 is 0 Å². The molecule has 0 spiro atoms. The van der Waals surface area contributed by atoms with Gasteiger partial charge in [0.1, 0.15) is 5.78 Å². The van der Waals surface area contributed by atoms with Crippen LogP contribution in [0.4, 0.5) is 0 Å². The summed E-state index contributed by atoms with van der Waals surface area (Å²) in [5, 5.41) is 10.2. The van der Waals surface area contributed by atoms with E-state index >= 15 is 0 Å². The molecule has 2 nitrogen and oxygen atoms in total. The number of carbonyl (C=O) groups excluding carboxylic acids is 1. The van der Waals surface area contributed by atoms with Gasteiger partial charge in [-0.3, -0.25) is 4.79 Å². The van der Waals surface area contributed by atoms with E-state index < -0.39 is 5.60 Å². The lowest BCUT2D eigenvalue weighted by Crippen LogP contribution is -2.50. The highest BCUT2D eigenvalue weighted by atomic mass is 16.3. The standard InChI is InChI=1S/C11H12O2/c1-11(13)8-4-5-9(11)7-3-2-6(8)10(7)12/h2-9,13H,1H3/t6-,7+,8-,9+,11?. The van der Waals surface area contributed by atoms with Crippen LogP contribution in [-0.2, 0) is 4.79 Å². The number of fused-ring (bicyclic) bond motifs is 6. The number of ketones is 1. The van der Waals surface area contributed by atoms with Crippen LogP contribution in [0.3, 0.4) is 0 Å². The van der Waals surface area contributed by atoms with Gasteiger partial charge in [-0.25, -0.2) is 0 Å². The molecule has 3 aliphatic rings. The molecule has 1 saturated carbocycles. The largest absolute Gasteiger partial charge is 0.389 e. The highest BCUT2D eigenvalue weighted by Gasteiger charge is 2.57. The fourth-order valence-electron chi connectivity index (χ4n) is 3.06. The van der Waals surface area contributed by atoms with E-state index in [0.29, 0.717) is 5.78 Å². The van der Waals surface area contributed by atoms with Crippen molar-refractivity contribution in [1.82, 2.24) is 0 Å². The minimum Gasteiger partial charge on any atom is -0.389 e. The predicted octanol–water partition coefficient (Wildman–Crippen LogP) is 0.924. The van der Waals surface area contributed by atoms with E-state index in [1.54, 1.807) is 0 Å². The maximum Gasteiger partial charge on any atom is 0.147 e. The molecule has 0 aromatic rings. The fourth-order valence-corrected chi connectivity index (χ4v) is 3.06. The monoisotopic (exact) mass is 176 g/mol. The Labute approximate surface area is 76.9 Å². The molecule has 0 radical (unpaired) electrons. The molecule has 13 heavy (non-hydrogen) atoms. The van der Waals surface area contributed by atoms with Gasteiger partial charge in [-0.05, 0) is 6.92 Å². The Morgan fingerprint density at radius 1 is 1.15 bits per heavy atom. The van der Waals surface area contributed by atoms with Crippen LogP contribution in [0.2, 0.25) is 0 Å². The van der Waals surface area contributed by atoms with Crippen molar-refractivity contribution in [3.63, 3.8) is 0 Å². The first-order valence-corrected chi connectivity index (χ1v) is 4.75. The summed E-state index contributed by atoms with van der Waals surface area (Å²) in [6.07, 6.45) is 7.96. The summed E-state index contributed by atoms with van der Waals surface area (Å²) in [5.74, 6) is 0.205. The van der Waals surface area contributed by atoms with Gasteiger partial charge in [-0.2, -0.15) is 0 Å². The van der Waals surface area contributed by atoms with Crippen molar-refractivity contribution < 1.29 is 9.90 Å². The van der Waals surface area contributed by atoms with Crippen molar-refractivity contribution in [2.45, 2.75) is 12.5 Å². The second kappa shape index (κ2) is 1.95. The minimum atomic E-state index is -0.702. The van der Waals surface area contributed by atoms with Gasteiger partial charge in [-0.1, -0.05) is 24.3 Å². The van der Waals surface area contributed by atoms with E-state index in [4.69, 9.17) is 0 Å². The third kappa shape index (κ3) is 0.670. The molecule has 1 fully saturated rings. The zero-order valence-corrected chi connectivity index (χ0v) is 7.47. The lowest BCUT2D eigenvalue weighted by molar-refractivity contribution is -0.138. The molecule has 3 rings (SSSR count). The molecule has 0 saturated heterocycles. The van der Waals surface area contributed by atoms with Crippen LogP contribution in [0, 0.1) is 23.7 Å². The van der Waals surface area contributed by atoms with Crippen LogP contribution in [0.15, 0.2) is 24.3 Å². The van der Waals surface area contributed by atoms with Gasteiger partial charge in [0, 0.05) is 23.7 Å². The van der Waals surface area contributed by atoms with Crippen molar-refractivity contribution in [2.24, 2.45) is 23.7 Å². The summed E-state index contributed by atoms with van der Waals surface area (Å²) in [6.45, 7) is 1.85. The zero-order chi connectivity index (χ0) is 9.22. The molecule has 0 aromatic heterocycles. The van der Waals surface area contributed by atoms with Crippen LogP contribution in [0.25, 0.3) is 0 Å². The smallest absolute Gasteiger partial charge is 0.147 e. The topological polar surface area (TPSA) is 37.3 Å². The van der Waals surface area contributed by atoms with E-state index in [-0.39, 0.29) is 23.7 Å². The molecule has 1 unspecified atom stereocenters. The highest BCUT2D eigenvalue weighted by Crippen LogP contribution is 2.52. The molecule has 5 atom stereocenters. The summed E-state index contributed by atoms with van der Waals surface area (Å²) in [6, 6.07) is 0. The van der Waals surface area contributed by atoms with E-state index in [2.05, 4.69) is 0 Å². The van der Waals surface area contributed by atoms with Crippen molar-refractivity contribution in [2.75, 3.05) is 0 Å². The minimum absolute atomic E-state index is 0.0139. The maximum atomic E-state index is 11.7. The van der Waals surface area contributed by atoms with Crippen molar-refractivity contribution in [3.8, 4) is 0 Å². The highest BCUT2D eigenvalue weighted by molar-refractivity contribution is 5.92. The molecule has 0 amide bonds. The van der Waals surface area contributed by atoms with Gasteiger partial charge in [-0.15, -0.1) is 0 Å². The average Bonchev–Trinajstić information content (AvgIpc) is 2.36. The molecule has 2 heteroatoms. The Hall–Kier alpha value is -0.890. The molecule has 3 aliphatic carbocycles. The first kappa shape index (κ1) is 7.51. The summed E-state index contributed by atoms with van der Waals surface area (Å²) in [7, 11) is 0. The second-order valence-corrected chi connectivity index (χ2v) is 4.50. The van der Waals surface area contributed by atoms with Gasteiger partial charge in [0.05, 0.1) is 5.60 Å². The van der Waals surface area contributed by atoms with E-state index in [1.807, 2.05) is 31.2 Å². The Morgan fingerprint density at radius 2 is 1.62 bits per heavy atom. The Morgan fingerprint density at radius 3 is 2.08 bits per heavy atom. The van der Waals surface area contributed by atoms with Crippen molar-refractivity contribution in [3.05, 3.63) is 24.3 Å². The summed E-state index contributed by atoms with van der Waals surface area (Å²) >= 11 is 0. The predicted molar refractivity (Wildman–Crippen MR) is 47.9 cm³/mol. The van der Waals surface area contributed by atoms with Gasteiger partial charge in [0.25, 0.3) is 0 Å². The fraction of sp³-hybridized carbons (Fsp3) is 0.545. The normalized spacial score (nSPS) is 56.3. The first-order chi connectivity index (χ1) is 6.12. The Kier molecular flexibility index (Phi) is 1.13. The molecule has 1 N–H and O–H groups in total. The van der Waals surface area contributed by atoms with Crippen LogP contribution in [0.1, 0.15) is 6.92 Å². The molecular weight excluding hydrogens is 164 g/mol. The number of allylic oxidation sites excluding steroid dienone is 2. The molecule has 68 valence electrons. The quantitative estimate of drug-likeness (QED) is 0.557. The van der Waals surface area contributed by atoms with Crippen molar-refractivity contribution >= 4 is 5.78 Å². The first-order valence-electron chi connectivity index (χ1n) is 4.75. The van der Waals surface area contributed by atoms with Gasteiger partial charge in [0.15, 0.2) is 0 Å². The van der Waals surface area contributed by atoms with E-state index in [0.717, 1.165) is 0 Å².